The third kappa shape index (κ3) is 3.80. The van der Waals surface area contributed by atoms with Crippen LogP contribution in [0.25, 0.3) is 11.1 Å². The van der Waals surface area contributed by atoms with E-state index in [1.54, 1.807) is 13.0 Å². The van der Waals surface area contributed by atoms with Gasteiger partial charge in [0, 0.05) is 11.6 Å². The lowest BCUT2D eigenvalue weighted by Gasteiger charge is -2.05. The largest absolute Gasteiger partial charge is 0.487 e. The highest BCUT2D eigenvalue weighted by Crippen LogP contribution is 2.29. The van der Waals surface area contributed by atoms with Crippen LogP contribution in [-0.4, -0.2) is 28.1 Å². The summed E-state index contributed by atoms with van der Waals surface area (Å²) in [4.78, 5) is 27.2. The summed E-state index contributed by atoms with van der Waals surface area (Å²) in [7, 11) is 0. The zero-order valence-electron chi connectivity index (χ0n) is 13.3. The first kappa shape index (κ1) is 17.0. The van der Waals surface area contributed by atoms with Crippen LogP contribution in [0.5, 0.6) is 5.75 Å². The maximum atomic E-state index is 12.3. The summed E-state index contributed by atoms with van der Waals surface area (Å²) in [6.07, 6.45) is 0. The summed E-state index contributed by atoms with van der Waals surface area (Å²) in [5, 5.41) is 11.5. The number of aromatic nitrogens is 1. The van der Waals surface area contributed by atoms with E-state index < -0.39 is 4.92 Å². The molecule has 0 saturated carbocycles. The zero-order valence-corrected chi connectivity index (χ0v) is 14.1. The van der Waals surface area contributed by atoms with Crippen molar-refractivity contribution in [3.05, 3.63) is 58.1 Å². The second-order valence-corrected chi connectivity index (χ2v) is 5.96. The van der Waals surface area contributed by atoms with E-state index in [4.69, 9.17) is 9.15 Å². The number of carbonyl (C=O) groups is 1. The van der Waals surface area contributed by atoms with Crippen LogP contribution in [0, 0.1) is 10.1 Å². The number of hydrogen-bond donors (Lipinski definition) is 0. The smallest absolute Gasteiger partial charge is 0.311 e. The molecule has 0 amide bonds. The van der Waals surface area contributed by atoms with Gasteiger partial charge >= 0.3 is 5.69 Å². The SMILES string of the molecule is CCOc1ccc(C(=O)CSc2nc3ccccc3o2)cc1[N+](=O)[O-]. The van der Waals surface area contributed by atoms with Gasteiger partial charge in [-0.25, -0.2) is 4.98 Å². The van der Waals surface area contributed by atoms with E-state index in [1.807, 2.05) is 18.2 Å². The van der Waals surface area contributed by atoms with Crippen LogP contribution in [0.4, 0.5) is 5.69 Å². The summed E-state index contributed by atoms with van der Waals surface area (Å²) in [5.41, 5.74) is 1.39. The lowest BCUT2D eigenvalue weighted by molar-refractivity contribution is -0.385. The Balaban J connectivity index is 1.74. The van der Waals surface area contributed by atoms with E-state index in [9.17, 15) is 14.9 Å². The second kappa shape index (κ2) is 7.35. The number of oxazole rings is 1. The van der Waals surface area contributed by atoms with Gasteiger partial charge in [0.2, 0.25) is 0 Å². The molecule has 7 nitrogen and oxygen atoms in total. The Kier molecular flexibility index (Phi) is 4.99. The van der Waals surface area contributed by atoms with Crippen LogP contribution in [0.2, 0.25) is 0 Å². The molecule has 2 aromatic carbocycles. The molecule has 0 radical (unpaired) electrons. The first-order valence-electron chi connectivity index (χ1n) is 7.51. The molecule has 0 aliphatic heterocycles. The molecule has 1 heterocycles. The van der Waals surface area contributed by atoms with Crippen molar-refractivity contribution < 1.29 is 18.9 Å². The first-order chi connectivity index (χ1) is 12.1. The average Bonchev–Trinajstić information content (AvgIpc) is 3.03. The summed E-state index contributed by atoms with van der Waals surface area (Å²) < 4.78 is 10.8. The molecule has 1 aromatic heterocycles. The molecule has 0 unspecified atom stereocenters. The van der Waals surface area contributed by atoms with Gasteiger partial charge in [-0.3, -0.25) is 14.9 Å². The van der Waals surface area contributed by atoms with Crippen molar-refractivity contribution >= 4 is 34.3 Å². The van der Waals surface area contributed by atoms with Crippen molar-refractivity contribution in [2.45, 2.75) is 12.1 Å². The van der Waals surface area contributed by atoms with E-state index in [1.165, 1.54) is 18.2 Å². The fourth-order valence-electron chi connectivity index (χ4n) is 2.23. The topological polar surface area (TPSA) is 95.5 Å². The Morgan fingerprint density at radius 2 is 2.12 bits per heavy atom. The lowest BCUT2D eigenvalue weighted by Crippen LogP contribution is -2.05. The van der Waals surface area contributed by atoms with Crippen molar-refractivity contribution in [2.24, 2.45) is 0 Å². The standard InChI is InChI=1S/C17H14N2O5S/c1-2-23-16-8-7-11(9-13(16)19(21)22)14(20)10-25-17-18-12-5-3-4-6-15(12)24-17/h3-9H,2,10H2,1H3. The molecular formula is C17H14N2O5S. The van der Waals surface area contributed by atoms with Gasteiger partial charge in [-0.05, 0) is 31.2 Å². The van der Waals surface area contributed by atoms with Crippen LogP contribution in [0.3, 0.4) is 0 Å². The summed E-state index contributed by atoms with van der Waals surface area (Å²) in [6.45, 7) is 2.04. The van der Waals surface area contributed by atoms with Gasteiger partial charge in [0.1, 0.15) is 5.52 Å². The number of ketones is 1. The number of rotatable bonds is 7. The number of hydrogen-bond acceptors (Lipinski definition) is 7. The zero-order chi connectivity index (χ0) is 17.8. The van der Waals surface area contributed by atoms with Gasteiger partial charge in [0.25, 0.3) is 5.22 Å². The molecule has 0 atom stereocenters. The summed E-state index contributed by atoms with van der Waals surface area (Å²) in [6, 6.07) is 11.5. The predicted octanol–water partition coefficient (Wildman–Crippen LogP) is 4.11. The summed E-state index contributed by atoms with van der Waals surface area (Å²) >= 11 is 1.15. The van der Waals surface area contributed by atoms with E-state index >= 15 is 0 Å². The first-order valence-corrected chi connectivity index (χ1v) is 8.50. The molecule has 128 valence electrons. The summed E-state index contributed by atoms with van der Waals surface area (Å²) in [5.74, 6) is -0.0353. The Bertz CT molecular complexity index is 905. The fraction of sp³-hybridized carbons (Fsp3) is 0.176. The number of fused-ring (bicyclic) bond motifs is 1. The lowest BCUT2D eigenvalue weighted by atomic mass is 10.1. The minimum atomic E-state index is -0.560. The van der Waals surface area contributed by atoms with Crippen molar-refractivity contribution in [2.75, 3.05) is 12.4 Å². The van der Waals surface area contributed by atoms with Gasteiger partial charge in [-0.1, -0.05) is 23.9 Å². The molecule has 8 heteroatoms. The number of carbonyl (C=O) groups excluding carboxylic acids is 1. The van der Waals surface area contributed by atoms with Gasteiger partial charge in [0.05, 0.1) is 17.3 Å². The number of para-hydroxylation sites is 2. The van der Waals surface area contributed by atoms with Gasteiger partial charge in [-0.15, -0.1) is 0 Å². The quantitative estimate of drug-likeness (QED) is 0.271. The molecule has 0 saturated heterocycles. The Labute approximate surface area is 147 Å². The minimum absolute atomic E-state index is 0.0674. The number of Topliss-reactive ketones (excluding diaryl/α,β-unsaturated/α-hetero) is 1. The van der Waals surface area contributed by atoms with Gasteiger partial charge in [-0.2, -0.15) is 0 Å². The van der Waals surface area contributed by atoms with Crippen molar-refractivity contribution in [3.8, 4) is 5.75 Å². The van der Waals surface area contributed by atoms with E-state index in [0.717, 1.165) is 11.8 Å². The van der Waals surface area contributed by atoms with Crippen LogP contribution >= 0.6 is 11.8 Å². The molecule has 3 rings (SSSR count). The molecule has 0 aliphatic carbocycles. The highest BCUT2D eigenvalue weighted by atomic mass is 32.2. The number of ether oxygens (including phenoxy) is 1. The third-order valence-electron chi connectivity index (χ3n) is 3.38. The molecule has 0 aliphatic rings. The predicted molar refractivity (Wildman–Crippen MR) is 93.3 cm³/mol. The molecule has 25 heavy (non-hydrogen) atoms. The Morgan fingerprint density at radius 3 is 2.84 bits per heavy atom. The Morgan fingerprint density at radius 1 is 1.32 bits per heavy atom. The molecule has 3 aromatic rings. The van der Waals surface area contributed by atoms with Crippen molar-refractivity contribution in [3.63, 3.8) is 0 Å². The molecule has 0 N–H and O–H groups in total. The third-order valence-corrected chi connectivity index (χ3v) is 4.21. The maximum Gasteiger partial charge on any atom is 0.311 e. The van der Waals surface area contributed by atoms with E-state index in [0.29, 0.717) is 22.9 Å². The highest BCUT2D eigenvalue weighted by molar-refractivity contribution is 7.99. The number of nitro groups is 1. The highest BCUT2D eigenvalue weighted by Gasteiger charge is 2.19. The average molecular weight is 358 g/mol. The van der Waals surface area contributed by atoms with Crippen LogP contribution in [0.1, 0.15) is 17.3 Å². The van der Waals surface area contributed by atoms with Crippen molar-refractivity contribution in [1.82, 2.24) is 4.98 Å². The molecular weight excluding hydrogens is 344 g/mol. The van der Waals surface area contributed by atoms with E-state index in [-0.39, 0.29) is 28.5 Å². The minimum Gasteiger partial charge on any atom is -0.487 e. The number of thioether (sulfide) groups is 1. The molecule has 0 spiro atoms. The van der Waals surface area contributed by atoms with Gasteiger partial charge < -0.3 is 9.15 Å². The molecule has 0 bridgehead atoms. The second-order valence-electron chi connectivity index (χ2n) is 5.03. The number of benzene rings is 2. The maximum absolute atomic E-state index is 12.3. The number of nitrogens with zero attached hydrogens (tertiary/aromatic N) is 2. The Hall–Kier alpha value is -2.87. The van der Waals surface area contributed by atoms with Gasteiger partial charge in [0.15, 0.2) is 17.1 Å². The number of nitro benzene ring substituents is 1. The monoisotopic (exact) mass is 358 g/mol. The fourth-order valence-corrected chi connectivity index (χ4v) is 2.97. The van der Waals surface area contributed by atoms with Crippen molar-refractivity contribution in [1.29, 1.82) is 0 Å². The van der Waals surface area contributed by atoms with Crippen LogP contribution in [-0.2, 0) is 0 Å². The normalized spacial score (nSPS) is 10.8. The van der Waals surface area contributed by atoms with Crippen LogP contribution in [0.15, 0.2) is 52.1 Å². The van der Waals surface area contributed by atoms with E-state index in [2.05, 4.69) is 4.98 Å². The van der Waals surface area contributed by atoms with Crippen LogP contribution < -0.4 is 4.74 Å². The molecule has 0 fully saturated rings.